The van der Waals surface area contributed by atoms with Gasteiger partial charge in [-0.2, -0.15) is 0 Å². The lowest BCUT2D eigenvalue weighted by Gasteiger charge is -2.22. The molecule has 1 aromatic carbocycles. The Morgan fingerprint density at radius 2 is 1.92 bits per heavy atom. The van der Waals surface area contributed by atoms with Gasteiger partial charge in [0.15, 0.2) is 0 Å². The van der Waals surface area contributed by atoms with Crippen LogP contribution >= 0.6 is 11.6 Å². The molecule has 2 heterocycles. The number of hydrogen-bond acceptors (Lipinski definition) is 3. The average molecular weight is 348 g/mol. The van der Waals surface area contributed by atoms with Crippen LogP contribution in [0.1, 0.15) is 22.3 Å². The number of aromatic nitrogens is 1. The molecule has 1 aliphatic heterocycles. The Balaban J connectivity index is 1.63. The summed E-state index contributed by atoms with van der Waals surface area (Å²) in [7, 11) is 0. The van der Waals surface area contributed by atoms with E-state index in [1.54, 1.807) is 36.7 Å². The first-order valence-electron chi connectivity index (χ1n) is 7.99. The fourth-order valence-corrected chi connectivity index (χ4v) is 3.11. The van der Waals surface area contributed by atoms with Crippen molar-refractivity contribution in [2.75, 3.05) is 26.2 Å². The predicted molar refractivity (Wildman–Crippen MR) is 91.4 cm³/mol. The molecule has 1 aliphatic rings. The second-order valence-corrected chi connectivity index (χ2v) is 6.33. The molecule has 0 aliphatic carbocycles. The standard InChI is InChI=1S/C18H19ClFN3O/c19-16-2-3-17(20)15(12-16)13-22-8-1-9-23(11-10-22)18(24)14-4-6-21-7-5-14/h2-7,12H,1,8-11,13H2. The minimum atomic E-state index is -0.242. The minimum absolute atomic E-state index is 0.0215. The van der Waals surface area contributed by atoms with E-state index in [1.165, 1.54) is 6.07 Å². The lowest BCUT2D eigenvalue weighted by atomic mass is 10.2. The number of carbonyl (C=O) groups excluding carboxylic acids is 1. The third-order valence-corrected chi connectivity index (χ3v) is 4.44. The van der Waals surface area contributed by atoms with E-state index in [0.717, 1.165) is 13.0 Å². The van der Waals surface area contributed by atoms with Crippen molar-refractivity contribution in [1.82, 2.24) is 14.8 Å². The summed E-state index contributed by atoms with van der Waals surface area (Å²) in [4.78, 5) is 20.5. The van der Waals surface area contributed by atoms with Crippen LogP contribution in [0.15, 0.2) is 42.7 Å². The molecule has 1 saturated heterocycles. The molecule has 0 atom stereocenters. The van der Waals surface area contributed by atoms with Gasteiger partial charge in [0.1, 0.15) is 5.82 Å². The summed E-state index contributed by atoms with van der Waals surface area (Å²) in [6, 6.07) is 8.08. The van der Waals surface area contributed by atoms with Crippen molar-refractivity contribution in [1.29, 1.82) is 0 Å². The molecule has 126 valence electrons. The zero-order chi connectivity index (χ0) is 16.9. The van der Waals surface area contributed by atoms with Crippen molar-refractivity contribution in [3.05, 3.63) is 64.7 Å². The van der Waals surface area contributed by atoms with Crippen LogP contribution in [-0.4, -0.2) is 46.9 Å². The Bertz CT molecular complexity index is 711. The van der Waals surface area contributed by atoms with Crippen molar-refractivity contribution in [2.24, 2.45) is 0 Å². The van der Waals surface area contributed by atoms with Gasteiger partial charge in [0.2, 0.25) is 0 Å². The van der Waals surface area contributed by atoms with Gasteiger partial charge in [-0.1, -0.05) is 11.6 Å². The normalized spacial score (nSPS) is 16.0. The fraction of sp³-hybridized carbons (Fsp3) is 0.333. The third-order valence-electron chi connectivity index (χ3n) is 4.20. The molecule has 0 unspecified atom stereocenters. The summed E-state index contributed by atoms with van der Waals surface area (Å²) in [6.45, 7) is 3.37. The molecule has 1 amide bonds. The second kappa shape index (κ2) is 7.73. The number of amides is 1. The largest absolute Gasteiger partial charge is 0.337 e. The van der Waals surface area contributed by atoms with Crippen molar-refractivity contribution >= 4 is 17.5 Å². The summed E-state index contributed by atoms with van der Waals surface area (Å²) in [5.41, 5.74) is 1.25. The molecule has 3 rings (SSSR count). The van der Waals surface area contributed by atoms with Crippen LogP contribution in [0.4, 0.5) is 4.39 Å². The van der Waals surface area contributed by atoms with E-state index < -0.39 is 0 Å². The van der Waals surface area contributed by atoms with Crippen molar-refractivity contribution in [2.45, 2.75) is 13.0 Å². The van der Waals surface area contributed by atoms with E-state index >= 15 is 0 Å². The van der Waals surface area contributed by atoms with Crippen molar-refractivity contribution in [3.8, 4) is 0 Å². The molecular formula is C18H19ClFN3O. The highest BCUT2D eigenvalue weighted by Crippen LogP contribution is 2.18. The van der Waals surface area contributed by atoms with E-state index in [0.29, 0.717) is 42.3 Å². The van der Waals surface area contributed by atoms with Gasteiger partial charge in [-0.25, -0.2) is 4.39 Å². The SMILES string of the molecule is O=C(c1ccncc1)N1CCCN(Cc2cc(Cl)ccc2F)CC1. The second-order valence-electron chi connectivity index (χ2n) is 5.89. The van der Waals surface area contributed by atoms with Gasteiger partial charge in [0.25, 0.3) is 5.91 Å². The van der Waals surface area contributed by atoms with Crippen LogP contribution in [0.3, 0.4) is 0 Å². The summed E-state index contributed by atoms with van der Waals surface area (Å²) in [5, 5.41) is 0.538. The van der Waals surface area contributed by atoms with Crippen LogP contribution < -0.4 is 0 Å². The molecule has 1 fully saturated rings. The Labute approximate surface area is 145 Å². The molecular weight excluding hydrogens is 329 g/mol. The van der Waals surface area contributed by atoms with Gasteiger partial charge < -0.3 is 4.90 Å². The number of halogens is 2. The third kappa shape index (κ3) is 4.10. The topological polar surface area (TPSA) is 36.4 Å². The van der Waals surface area contributed by atoms with Gasteiger partial charge in [0, 0.05) is 61.3 Å². The Hall–Kier alpha value is -1.98. The average Bonchev–Trinajstić information content (AvgIpc) is 2.84. The number of rotatable bonds is 3. The lowest BCUT2D eigenvalue weighted by molar-refractivity contribution is 0.0761. The number of benzene rings is 1. The van der Waals surface area contributed by atoms with Crippen molar-refractivity contribution < 1.29 is 9.18 Å². The van der Waals surface area contributed by atoms with Crippen LogP contribution in [0, 0.1) is 5.82 Å². The molecule has 6 heteroatoms. The van der Waals surface area contributed by atoms with Gasteiger partial charge in [-0.3, -0.25) is 14.7 Å². The van der Waals surface area contributed by atoms with E-state index in [9.17, 15) is 9.18 Å². The zero-order valence-electron chi connectivity index (χ0n) is 13.3. The van der Waals surface area contributed by atoms with Crippen molar-refractivity contribution in [3.63, 3.8) is 0 Å². The van der Waals surface area contributed by atoms with E-state index in [1.807, 2.05) is 4.90 Å². The molecule has 2 aromatic rings. The molecule has 24 heavy (non-hydrogen) atoms. The predicted octanol–water partition coefficient (Wildman–Crippen LogP) is 3.22. The molecule has 0 radical (unpaired) electrons. The van der Waals surface area contributed by atoms with Gasteiger partial charge in [-0.15, -0.1) is 0 Å². The highest BCUT2D eigenvalue weighted by Gasteiger charge is 2.20. The number of pyridine rings is 1. The fourth-order valence-electron chi connectivity index (χ4n) is 2.91. The summed E-state index contributed by atoms with van der Waals surface area (Å²) < 4.78 is 13.9. The number of carbonyl (C=O) groups is 1. The molecule has 0 N–H and O–H groups in total. The maximum Gasteiger partial charge on any atom is 0.254 e. The van der Waals surface area contributed by atoms with E-state index in [4.69, 9.17) is 11.6 Å². The molecule has 4 nitrogen and oxygen atoms in total. The summed E-state index contributed by atoms with van der Waals surface area (Å²) in [6.07, 6.45) is 4.11. The zero-order valence-corrected chi connectivity index (χ0v) is 14.0. The maximum atomic E-state index is 13.9. The summed E-state index contributed by atoms with van der Waals surface area (Å²) >= 11 is 5.96. The van der Waals surface area contributed by atoms with Crippen LogP contribution in [0.25, 0.3) is 0 Å². The Morgan fingerprint density at radius 3 is 2.71 bits per heavy atom. The highest BCUT2D eigenvalue weighted by molar-refractivity contribution is 6.30. The molecule has 0 saturated carbocycles. The number of nitrogens with zero attached hydrogens (tertiary/aromatic N) is 3. The highest BCUT2D eigenvalue weighted by atomic mass is 35.5. The lowest BCUT2D eigenvalue weighted by Crippen LogP contribution is -2.35. The first kappa shape index (κ1) is 16.9. The quantitative estimate of drug-likeness (QED) is 0.855. The first-order valence-corrected chi connectivity index (χ1v) is 8.37. The smallest absolute Gasteiger partial charge is 0.254 e. The maximum absolute atomic E-state index is 13.9. The van der Waals surface area contributed by atoms with E-state index in [2.05, 4.69) is 9.88 Å². The Morgan fingerprint density at radius 1 is 1.12 bits per heavy atom. The van der Waals surface area contributed by atoms with Gasteiger partial charge >= 0.3 is 0 Å². The van der Waals surface area contributed by atoms with Crippen LogP contribution in [0.5, 0.6) is 0 Å². The summed E-state index contributed by atoms with van der Waals surface area (Å²) in [5.74, 6) is -0.221. The van der Waals surface area contributed by atoms with Crippen LogP contribution in [0.2, 0.25) is 5.02 Å². The van der Waals surface area contributed by atoms with Crippen LogP contribution in [-0.2, 0) is 6.54 Å². The molecule has 1 aromatic heterocycles. The number of hydrogen-bond donors (Lipinski definition) is 0. The monoisotopic (exact) mass is 347 g/mol. The van der Waals surface area contributed by atoms with Gasteiger partial charge in [0.05, 0.1) is 0 Å². The minimum Gasteiger partial charge on any atom is -0.337 e. The van der Waals surface area contributed by atoms with Gasteiger partial charge in [-0.05, 0) is 36.8 Å². The molecule has 0 spiro atoms. The molecule has 0 bridgehead atoms. The van der Waals surface area contributed by atoms with E-state index in [-0.39, 0.29) is 11.7 Å². The first-order chi connectivity index (χ1) is 11.6. The Kier molecular flexibility index (Phi) is 5.43.